The number of ether oxygens (including phenoxy) is 2. The third-order valence-electron chi connectivity index (χ3n) is 3.33. The molecular formula is C16H27N2O3+. The molecule has 0 spiro atoms. The second-order valence-corrected chi connectivity index (χ2v) is 4.96. The largest absolute Gasteiger partial charge is 0.490 e. The Bertz CT molecular complexity index is 463. The molecule has 0 fully saturated rings. The van der Waals surface area contributed by atoms with Gasteiger partial charge in [0.1, 0.15) is 6.04 Å². The van der Waals surface area contributed by atoms with Crippen LogP contribution in [0.5, 0.6) is 11.5 Å². The Balaban J connectivity index is 2.86. The minimum absolute atomic E-state index is 0.0258. The second-order valence-electron chi connectivity index (χ2n) is 4.96. The number of carbonyl (C=O) groups excluding carboxylic acids is 1. The van der Waals surface area contributed by atoms with Gasteiger partial charge in [-0.25, -0.2) is 0 Å². The van der Waals surface area contributed by atoms with Crippen LogP contribution in [0.15, 0.2) is 18.2 Å². The molecule has 0 aromatic heterocycles. The van der Waals surface area contributed by atoms with E-state index >= 15 is 0 Å². The van der Waals surface area contributed by atoms with Crippen LogP contribution < -0.4 is 20.1 Å². The molecule has 1 rings (SSSR count). The van der Waals surface area contributed by atoms with Crippen molar-refractivity contribution in [2.75, 3.05) is 20.3 Å². The molecule has 0 aliphatic heterocycles. The van der Waals surface area contributed by atoms with Crippen LogP contribution in [0.2, 0.25) is 0 Å². The standard InChI is InChI=1S/C16H26N2O3/c1-6-20-14-9-8-13(10-15(14)21-7-2)11(3)18-12(4)16(19)17-5/h8-12,18H,6-7H2,1-5H3,(H,17,19)/p+1/t11-,12-/m1/s1. The normalized spacial score (nSPS) is 13.4. The molecule has 21 heavy (non-hydrogen) atoms. The van der Waals surface area contributed by atoms with Crippen molar-refractivity contribution in [1.29, 1.82) is 0 Å². The van der Waals surface area contributed by atoms with Crippen molar-refractivity contribution >= 4 is 5.91 Å². The number of likely N-dealkylation sites (N-methyl/N-ethyl adjacent to an activating group) is 1. The summed E-state index contributed by atoms with van der Waals surface area (Å²) in [5, 5.41) is 4.70. The smallest absolute Gasteiger partial charge is 0.277 e. The van der Waals surface area contributed by atoms with Gasteiger partial charge >= 0.3 is 0 Å². The van der Waals surface area contributed by atoms with E-state index in [1.54, 1.807) is 7.05 Å². The first-order valence-corrected chi connectivity index (χ1v) is 7.49. The zero-order valence-corrected chi connectivity index (χ0v) is 13.6. The molecule has 5 heteroatoms. The SMILES string of the molecule is CCOc1ccc([C@@H](C)[NH2+][C@H](C)C(=O)NC)cc1OCC. The van der Waals surface area contributed by atoms with E-state index in [9.17, 15) is 4.79 Å². The summed E-state index contributed by atoms with van der Waals surface area (Å²) in [6.07, 6.45) is 0. The van der Waals surface area contributed by atoms with Gasteiger partial charge in [0.25, 0.3) is 5.91 Å². The Hall–Kier alpha value is -1.75. The number of amides is 1. The minimum atomic E-state index is -0.132. The van der Waals surface area contributed by atoms with Crippen LogP contribution in [0.1, 0.15) is 39.3 Å². The number of hydrogen-bond donors (Lipinski definition) is 2. The lowest BCUT2D eigenvalue weighted by molar-refractivity contribution is -0.710. The fraction of sp³-hybridized carbons (Fsp3) is 0.562. The Kier molecular flexibility index (Phi) is 7.02. The number of benzene rings is 1. The highest BCUT2D eigenvalue weighted by Gasteiger charge is 2.20. The van der Waals surface area contributed by atoms with E-state index in [-0.39, 0.29) is 18.0 Å². The van der Waals surface area contributed by atoms with Crippen LogP contribution in [-0.4, -0.2) is 32.2 Å². The monoisotopic (exact) mass is 295 g/mol. The van der Waals surface area contributed by atoms with Gasteiger partial charge in [0, 0.05) is 12.6 Å². The van der Waals surface area contributed by atoms with Gasteiger partial charge in [-0.3, -0.25) is 4.79 Å². The maximum Gasteiger partial charge on any atom is 0.277 e. The van der Waals surface area contributed by atoms with Gasteiger partial charge in [-0.15, -0.1) is 0 Å². The zero-order chi connectivity index (χ0) is 15.8. The van der Waals surface area contributed by atoms with E-state index < -0.39 is 0 Å². The highest BCUT2D eigenvalue weighted by molar-refractivity contribution is 5.79. The van der Waals surface area contributed by atoms with Gasteiger partial charge in [-0.2, -0.15) is 0 Å². The lowest BCUT2D eigenvalue weighted by Crippen LogP contribution is -2.92. The van der Waals surface area contributed by atoms with Crippen molar-refractivity contribution in [3.63, 3.8) is 0 Å². The predicted octanol–water partition coefficient (Wildman–Crippen LogP) is 1.24. The van der Waals surface area contributed by atoms with E-state index in [2.05, 4.69) is 12.2 Å². The van der Waals surface area contributed by atoms with Gasteiger partial charge in [-0.05, 0) is 45.9 Å². The highest BCUT2D eigenvalue weighted by atomic mass is 16.5. The first-order chi connectivity index (χ1) is 10.0. The van der Waals surface area contributed by atoms with E-state index in [1.807, 2.05) is 44.3 Å². The maximum atomic E-state index is 11.6. The number of nitrogens with one attached hydrogen (secondary N) is 1. The fourth-order valence-electron chi connectivity index (χ4n) is 2.21. The molecular weight excluding hydrogens is 268 g/mol. The fourth-order valence-corrected chi connectivity index (χ4v) is 2.21. The van der Waals surface area contributed by atoms with Crippen molar-refractivity contribution in [2.24, 2.45) is 0 Å². The molecule has 0 unspecified atom stereocenters. The first kappa shape index (κ1) is 17.3. The van der Waals surface area contributed by atoms with Crippen LogP contribution in [0.25, 0.3) is 0 Å². The van der Waals surface area contributed by atoms with Crippen LogP contribution in [-0.2, 0) is 4.79 Å². The van der Waals surface area contributed by atoms with Crippen molar-refractivity contribution in [3.8, 4) is 11.5 Å². The summed E-state index contributed by atoms with van der Waals surface area (Å²) in [6.45, 7) is 9.07. The van der Waals surface area contributed by atoms with Gasteiger partial charge < -0.3 is 20.1 Å². The van der Waals surface area contributed by atoms with Crippen LogP contribution in [0.4, 0.5) is 0 Å². The molecule has 2 atom stereocenters. The lowest BCUT2D eigenvalue weighted by atomic mass is 10.1. The Morgan fingerprint density at radius 3 is 2.38 bits per heavy atom. The predicted molar refractivity (Wildman–Crippen MR) is 82.6 cm³/mol. The zero-order valence-electron chi connectivity index (χ0n) is 13.6. The van der Waals surface area contributed by atoms with E-state index in [4.69, 9.17) is 9.47 Å². The van der Waals surface area contributed by atoms with Gasteiger partial charge in [-0.1, -0.05) is 0 Å². The molecule has 0 heterocycles. The van der Waals surface area contributed by atoms with Crippen molar-refractivity contribution < 1.29 is 19.6 Å². The van der Waals surface area contributed by atoms with Gasteiger partial charge in [0.05, 0.1) is 13.2 Å². The summed E-state index contributed by atoms with van der Waals surface area (Å²) >= 11 is 0. The molecule has 118 valence electrons. The van der Waals surface area contributed by atoms with Crippen molar-refractivity contribution in [2.45, 2.75) is 39.8 Å². The number of rotatable bonds is 8. The van der Waals surface area contributed by atoms with Gasteiger partial charge in [0.2, 0.25) is 0 Å². The average molecular weight is 295 g/mol. The topological polar surface area (TPSA) is 64.2 Å². The number of nitrogens with two attached hydrogens (primary N) is 1. The first-order valence-electron chi connectivity index (χ1n) is 7.49. The number of hydrogen-bond acceptors (Lipinski definition) is 3. The molecule has 5 nitrogen and oxygen atoms in total. The number of carbonyl (C=O) groups is 1. The maximum absolute atomic E-state index is 11.6. The summed E-state index contributed by atoms with van der Waals surface area (Å²) in [6, 6.07) is 5.97. The van der Waals surface area contributed by atoms with Gasteiger partial charge in [0.15, 0.2) is 17.5 Å². The molecule has 0 saturated heterocycles. The van der Waals surface area contributed by atoms with E-state index in [1.165, 1.54) is 0 Å². The molecule has 1 amide bonds. The van der Waals surface area contributed by atoms with E-state index in [0.717, 1.165) is 17.1 Å². The molecule has 0 aliphatic carbocycles. The Morgan fingerprint density at radius 2 is 1.81 bits per heavy atom. The summed E-state index contributed by atoms with van der Waals surface area (Å²) in [7, 11) is 1.65. The molecule has 1 aromatic rings. The number of quaternary nitrogens is 1. The third kappa shape index (κ3) is 4.93. The van der Waals surface area contributed by atoms with Crippen molar-refractivity contribution in [1.82, 2.24) is 5.32 Å². The van der Waals surface area contributed by atoms with Crippen LogP contribution in [0, 0.1) is 0 Å². The molecule has 1 aromatic carbocycles. The minimum Gasteiger partial charge on any atom is -0.490 e. The van der Waals surface area contributed by atoms with E-state index in [0.29, 0.717) is 13.2 Å². The second kappa shape index (κ2) is 8.52. The third-order valence-corrected chi connectivity index (χ3v) is 3.33. The Labute approximate surface area is 127 Å². The Morgan fingerprint density at radius 1 is 1.19 bits per heavy atom. The average Bonchev–Trinajstić information content (AvgIpc) is 2.48. The highest BCUT2D eigenvalue weighted by Crippen LogP contribution is 2.29. The lowest BCUT2D eigenvalue weighted by Gasteiger charge is -2.18. The molecule has 0 bridgehead atoms. The quantitative estimate of drug-likeness (QED) is 0.758. The molecule has 0 saturated carbocycles. The summed E-state index contributed by atoms with van der Waals surface area (Å²) in [5.74, 6) is 1.54. The summed E-state index contributed by atoms with van der Waals surface area (Å²) in [4.78, 5) is 11.6. The molecule has 0 aliphatic rings. The van der Waals surface area contributed by atoms with Crippen LogP contribution in [0.3, 0.4) is 0 Å². The molecule has 0 radical (unpaired) electrons. The summed E-state index contributed by atoms with van der Waals surface area (Å²) in [5.41, 5.74) is 1.11. The molecule has 3 N–H and O–H groups in total. The van der Waals surface area contributed by atoms with Crippen LogP contribution >= 0.6 is 0 Å². The summed E-state index contributed by atoms with van der Waals surface area (Å²) < 4.78 is 11.2. The van der Waals surface area contributed by atoms with Crippen molar-refractivity contribution in [3.05, 3.63) is 23.8 Å².